The minimum Gasteiger partial charge on any atom is -0.495 e. The number of anilines is 3. The Morgan fingerprint density at radius 3 is 2.30 bits per heavy atom. The molecular weight excluding hydrogens is 425 g/mol. The lowest BCUT2D eigenvalue weighted by molar-refractivity contribution is 0.417. The topological polar surface area (TPSA) is 79.5 Å². The highest BCUT2D eigenvalue weighted by atomic mass is 32.2. The van der Waals surface area contributed by atoms with Crippen LogP contribution in [-0.2, 0) is 10.0 Å². The van der Waals surface area contributed by atoms with Gasteiger partial charge in [0.05, 0.1) is 17.7 Å². The van der Waals surface area contributed by atoms with E-state index in [1.165, 1.54) is 25.3 Å². The average Bonchev–Trinajstić information content (AvgIpc) is 2.71. The summed E-state index contributed by atoms with van der Waals surface area (Å²) in [5, 5.41) is 6.10. The van der Waals surface area contributed by atoms with Gasteiger partial charge in [-0.25, -0.2) is 12.8 Å². The Kier molecular flexibility index (Phi) is 6.53. The van der Waals surface area contributed by atoms with Crippen molar-refractivity contribution < 1.29 is 17.5 Å². The van der Waals surface area contributed by atoms with Crippen molar-refractivity contribution in [1.82, 2.24) is 0 Å². The van der Waals surface area contributed by atoms with Crippen molar-refractivity contribution in [1.29, 1.82) is 0 Å². The van der Waals surface area contributed by atoms with Crippen molar-refractivity contribution in [3.8, 4) is 5.75 Å². The molecule has 0 amide bonds. The molecule has 3 aromatic carbocycles. The third-order valence-corrected chi connectivity index (χ3v) is 5.90. The summed E-state index contributed by atoms with van der Waals surface area (Å²) in [7, 11) is -2.40. The number of para-hydroxylation sites is 2. The first-order chi connectivity index (χ1) is 14.3. The molecule has 6 nitrogen and oxygen atoms in total. The molecule has 0 unspecified atom stereocenters. The summed E-state index contributed by atoms with van der Waals surface area (Å²) in [6, 6.07) is 17.4. The van der Waals surface area contributed by atoms with Crippen LogP contribution in [0.15, 0.2) is 71.6 Å². The molecule has 3 N–H and O–H groups in total. The number of sulfonamides is 1. The van der Waals surface area contributed by atoms with Crippen LogP contribution in [0.3, 0.4) is 0 Å². The van der Waals surface area contributed by atoms with Gasteiger partial charge in [-0.1, -0.05) is 18.2 Å². The molecule has 0 fully saturated rings. The Bertz CT molecular complexity index is 1170. The average molecular weight is 446 g/mol. The zero-order chi connectivity index (χ0) is 21.7. The number of thiocarbonyl (C=S) groups is 1. The molecule has 30 heavy (non-hydrogen) atoms. The van der Waals surface area contributed by atoms with Gasteiger partial charge in [-0.15, -0.1) is 0 Å². The summed E-state index contributed by atoms with van der Waals surface area (Å²) in [5.74, 6) is 0.0630. The molecule has 0 aliphatic rings. The van der Waals surface area contributed by atoms with E-state index in [0.717, 1.165) is 0 Å². The number of hydrogen-bond acceptors (Lipinski definition) is 4. The van der Waals surface area contributed by atoms with Gasteiger partial charge in [0.2, 0.25) is 0 Å². The second kappa shape index (κ2) is 9.10. The van der Waals surface area contributed by atoms with Crippen LogP contribution < -0.4 is 20.1 Å². The SMILES string of the molecule is COc1ccccc1NS(=O)(=O)c1cc(NC(=S)Nc2ccc(F)cc2)ccc1C. The standard InChI is InChI=1S/C21H20FN3O3S2/c1-14-7-10-17(24-21(29)23-16-11-8-15(22)9-12-16)13-20(14)30(26,27)25-18-5-3-4-6-19(18)28-2/h3-13,25H,1-2H3,(H2,23,24,29). The molecule has 9 heteroatoms. The molecule has 3 aromatic rings. The van der Waals surface area contributed by atoms with Crippen LogP contribution in [0.5, 0.6) is 5.75 Å². The molecular formula is C21H20FN3O3S2. The van der Waals surface area contributed by atoms with E-state index in [0.29, 0.717) is 28.4 Å². The summed E-state index contributed by atoms with van der Waals surface area (Å²) < 4.78 is 46.7. The lowest BCUT2D eigenvalue weighted by Crippen LogP contribution is -2.20. The summed E-state index contributed by atoms with van der Waals surface area (Å²) in [4.78, 5) is 0.1000. The smallest absolute Gasteiger partial charge is 0.262 e. The quantitative estimate of drug-likeness (QED) is 0.475. The van der Waals surface area contributed by atoms with Gasteiger partial charge in [-0.05, 0) is 73.2 Å². The minimum absolute atomic E-state index is 0.1000. The molecule has 0 saturated carbocycles. The van der Waals surface area contributed by atoms with E-state index in [1.807, 2.05) is 0 Å². The predicted octanol–water partition coefficient (Wildman–Crippen LogP) is 4.75. The maximum Gasteiger partial charge on any atom is 0.262 e. The predicted molar refractivity (Wildman–Crippen MR) is 121 cm³/mol. The van der Waals surface area contributed by atoms with E-state index in [9.17, 15) is 12.8 Å². The third kappa shape index (κ3) is 5.25. The molecule has 0 aromatic heterocycles. The van der Waals surface area contributed by atoms with Crippen molar-refractivity contribution >= 4 is 44.4 Å². The molecule has 156 valence electrons. The first-order valence-corrected chi connectivity index (χ1v) is 10.8. The lowest BCUT2D eigenvalue weighted by atomic mass is 10.2. The second-order valence-corrected chi connectivity index (χ2v) is 8.43. The van der Waals surface area contributed by atoms with Crippen molar-refractivity contribution in [3.05, 3.63) is 78.1 Å². The van der Waals surface area contributed by atoms with Gasteiger partial charge >= 0.3 is 0 Å². The number of ether oxygens (including phenoxy) is 1. The molecule has 0 aliphatic heterocycles. The van der Waals surface area contributed by atoms with Crippen LogP contribution in [0.2, 0.25) is 0 Å². The fraction of sp³-hybridized carbons (Fsp3) is 0.0952. The molecule has 0 aliphatic carbocycles. The van der Waals surface area contributed by atoms with Crippen LogP contribution in [0.1, 0.15) is 5.56 Å². The molecule has 0 saturated heterocycles. The Balaban J connectivity index is 1.80. The number of halogens is 1. The monoisotopic (exact) mass is 445 g/mol. The Hall–Kier alpha value is -3.17. The number of nitrogens with one attached hydrogen (secondary N) is 3. The highest BCUT2D eigenvalue weighted by Gasteiger charge is 2.19. The van der Waals surface area contributed by atoms with Crippen LogP contribution in [0, 0.1) is 12.7 Å². The van der Waals surface area contributed by atoms with Crippen molar-refractivity contribution in [2.45, 2.75) is 11.8 Å². The molecule has 3 rings (SSSR count). The van der Waals surface area contributed by atoms with Crippen LogP contribution in [0.25, 0.3) is 0 Å². The Labute approximate surface area is 180 Å². The Morgan fingerprint density at radius 1 is 0.967 bits per heavy atom. The molecule has 0 atom stereocenters. The van der Waals surface area contributed by atoms with E-state index in [4.69, 9.17) is 17.0 Å². The van der Waals surface area contributed by atoms with Gasteiger partial charge in [0.1, 0.15) is 11.6 Å². The number of rotatable bonds is 6. The summed E-state index contributed by atoms with van der Waals surface area (Å²) in [6.45, 7) is 1.70. The van der Waals surface area contributed by atoms with E-state index >= 15 is 0 Å². The van der Waals surface area contributed by atoms with E-state index in [1.54, 1.807) is 55.5 Å². The van der Waals surface area contributed by atoms with Crippen LogP contribution in [0.4, 0.5) is 21.5 Å². The molecule has 0 spiro atoms. The number of methoxy groups -OCH3 is 1. The van der Waals surface area contributed by atoms with Gasteiger partial charge in [0.15, 0.2) is 5.11 Å². The zero-order valence-corrected chi connectivity index (χ0v) is 17.9. The van der Waals surface area contributed by atoms with Gasteiger partial charge in [0.25, 0.3) is 10.0 Å². The van der Waals surface area contributed by atoms with Crippen molar-refractivity contribution in [3.63, 3.8) is 0 Å². The highest BCUT2D eigenvalue weighted by Crippen LogP contribution is 2.28. The normalized spacial score (nSPS) is 10.9. The van der Waals surface area contributed by atoms with Crippen LogP contribution >= 0.6 is 12.2 Å². The van der Waals surface area contributed by atoms with E-state index in [2.05, 4.69) is 15.4 Å². The fourth-order valence-corrected chi connectivity index (χ4v) is 4.30. The van der Waals surface area contributed by atoms with E-state index in [-0.39, 0.29) is 15.8 Å². The fourth-order valence-electron chi connectivity index (χ4n) is 2.72. The first-order valence-electron chi connectivity index (χ1n) is 8.88. The molecule has 0 heterocycles. The molecule has 0 bridgehead atoms. The summed E-state index contributed by atoms with van der Waals surface area (Å²) >= 11 is 5.26. The largest absolute Gasteiger partial charge is 0.495 e. The summed E-state index contributed by atoms with van der Waals surface area (Å²) in [6.07, 6.45) is 0. The number of aryl methyl sites for hydroxylation is 1. The number of hydrogen-bond donors (Lipinski definition) is 3. The Morgan fingerprint density at radius 2 is 1.60 bits per heavy atom. The third-order valence-electron chi connectivity index (χ3n) is 4.19. The van der Waals surface area contributed by atoms with Crippen molar-refractivity contribution in [2.24, 2.45) is 0 Å². The molecule has 0 radical (unpaired) electrons. The minimum atomic E-state index is -3.87. The first kappa shape index (κ1) is 21.5. The van der Waals surface area contributed by atoms with Gasteiger partial charge < -0.3 is 15.4 Å². The highest BCUT2D eigenvalue weighted by molar-refractivity contribution is 7.92. The maximum absolute atomic E-state index is 13.0. The zero-order valence-electron chi connectivity index (χ0n) is 16.3. The van der Waals surface area contributed by atoms with Gasteiger partial charge in [0, 0.05) is 11.4 Å². The number of benzene rings is 3. The van der Waals surface area contributed by atoms with Gasteiger partial charge in [-0.3, -0.25) is 4.72 Å². The maximum atomic E-state index is 13.0. The van der Waals surface area contributed by atoms with E-state index < -0.39 is 10.0 Å². The lowest BCUT2D eigenvalue weighted by Gasteiger charge is -2.15. The van der Waals surface area contributed by atoms with Gasteiger partial charge in [-0.2, -0.15) is 0 Å². The van der Waals surface area contributed by atoms with Crippen LogP contribution in [-0.4, -0.2) is 20.6 Å². The summed E-state index contributed by atoms with van der Waals surface area (Å²) in [5.41, 5.74) is 2.00. The van der Waals surface area contributed by atoms with Crippen molar-refractivity contribution in [2.75, 3.05) is 22.5 Å². The second-order valence-electron chi connectivity index (χ2n) is 6.37.